The molecule has 0 aromatic carbocycles. The van der Waals surface area contributed by atoms with Gasteiger partial charge in [-0.3, -0.25) is 9.69 Å². The maximum Gasteiger partial charge on any atom is 0.181 e. The number of anilines is 1. The van der Waals surface area contributed by atoms with Crippen molar-refractivity contribution >= 4 is 16.9 Å². The molecule has 0 saturated heterocycles. The molecule has 3 aromatic heterocycles. The molecule has 1 N–H and O–H groups in total. The van der Waals surface area contributed by atoms with Gasteiger partial charge in [0.15, 0.2) is 5.65 Å². The van der Waals surface area contributed by atoms with E-state index < -0.39 is 0 Å². The lowest BCUT2D eigenvalue weighted by molar-refractivity contribution is 0.659. The molecule has 3 rings (SSSR count). The van der Waals surface area contributed by atoms with Crippen molar-refractivity contribution in [3.63, 3.8) is 0 Å². The van der Waals surface area contributed by atoms with E-state index in [1.165, 1.54) is 16.7 Å². The van der Waals surface area contributed by atoms with Crippen LogP contribution in [0.3, 0.4) is 0 Å². The minimum absolute atomic E-state index is 0.496. The molecule has 27 heavy (non-hydrogen) atoms. The first kappa shape index (κ1) is 19.3. The van der Waals surface area contributed by atoms with Gasteiger partial charge in [0.1, 0.15) is 5.82 Å². The molecule has 6 heteroatoms. The van der Waals surface area contributed by atoms with Crippen LogP contribution in [0.1, 0.15) is 49.8 Å². The highest BCUT2D eigenvalue weighted by atomic mass is 15.5. The van der Waals surface area contributed by atoms with Crippen LogP contribution in [0.15, 0.2) is 30.7 Å². The fourth-order valence-corrected chi connectivity index (χ4v) is 3.25. The molecule has 0 saturated carbocycles. The second kappa shape index (κ2) is 8.48. The zero-order chi connectivity index (χ0) is 19.4. The van der Waals surface area contributed by atoms with Gasteiger partial charge in [-0.1, -0.05) is 33.3 Å². The summed E-state index contributed by atoms with van der Waals surface area (Å²) in [5, 5.41) is 7.45. The Kier molecular flexibility index (Phi) is 6.06. The van der Waals surface area contributed by atoms with Crippen LogP contribution in [0, 0.1) is 0 Å². The molecule has 3 aromatic rings. The van der Waals surface area contributed by atoms with Gasteiger partial charge in [0, 0.05) is 44.6 Å². The van der Waals surface area contributed by atoms with Gasteiger partial charge >= 0.3 is 0 Å². The predicted octanol–water partition coefficient (Wildman–Crippen LogP) is 3.62. The van der Waals surface area contributed by atoms with Crippen LogP contribution in [0.5, 0.6) is 0 Å². The average molecular weight is 367 g/mol. The normalized spacial score (nSPS) is 11.5. The monoisotopic (exact) mass is 366 g/mol. The number of aromatic nitrogens is 4. The number of rotatable bonds is 8. The van der Waals surface area contributed by atoms with Crippen molar-refractivity contribution in [2.45, 2.75) is 46.0 Å². The second-order valence-corrected chi connectivity index (χ2v) is 7.43. The Morgan fingerprint density at radius 2 is 1.96 bits per heavy atom. The molecular weight excluding hydrogens is 336 g/mol. The van der Waals surface area contributed by atoms with E-state index in [2.05, 4.69) is 48.4 Å². The molecule has 0 atom stereocenters. The minimum Gasteiger partial charge on any atom is -0.295 e. The van der Waals surface area contributed by atoms with Crippen LogP contribution >= 0.6 is 0 Å². The quantitative estimate of drug-likeness (QED) is 0.617. The first-order valence-electron chi connectivity index (χ1n) is 9.72. The lowest BCUT2D eigenvalue weighted by Crippen LogP contribution is -2.37. The van der Waals surface area contributed by atoms with Crippen molar-refractivity contribution in [3.8, 4) is 0 Å². The highest BCUT2D eigenvalue weighted by molar-refractivity contribution is 5.74. The van der Waals surface area contributed by atoms with Gasteiger partial charge < -0.3 is 0 Å². The largest absolute Gasteiger partial charge is 0.295 e. The highest BCUT2D eigenvalue weighted by Crippen LogP contribution is 2.22. The maximum absolute atomic E-state index is 4.73. The zero-order valence-electron chi connectivity index (χ0n) is 17.0. The molecule has 0 amide bonds. The Balaban J connectivity index is 1.64. The summed E-state index contributed by atoms with van der Waals surface area (Å²) < 4.78 is 1.80. The molecule has 144 valence electrons. The van der Waals surface area contributed by atoms with Crippen molar-refractivity contribution in [1.29, 1.82) is 0 Å². The fraction of sp³-hybridized carbons (Fsp3) is 0.476. The maximum atomic E-state index is 4.73. The molecule has 0 bridgehead atoms. The van der Waals surface area contributed by atoms with Gasteiger partial charge in [-0.15, -0.1) is 0 Å². The molecule has 6 nitrogen and oxygen atoms in total. The fourth-order valence-electron chi connectivity index (χ4n) is 3.25. The van der Waals surface area contributed by atoms with Gasteiger partial charge in [-0.25, -0.2) is 15.4 Å². The number of nitrogens with one attached hydrogen (secondary N) is 1. The van der Waals surface area contributed by atoms with Crippen LogP contribution < -0.4 is 10.4 Å². The van der Waals surface area contributed by atoms with Crippen molar-refractivity contribution in [3.05, 3.63) is 47.4 Å². The summed E-state index contributed by atoms with van der Waals surface area (Å²) in [7, 11) is 3.96. The van der Waals surface area contributed by atoms with Crippen LogP contribution in [0.2, 0.25) is 0 Å². The van der Waals surface area contributed by atoms with Gasteiger partial charge in [-0.05, 0) is 41.5 Å². The number of hydrogen-bond donors (Lipinski definition) is 1. The summed E-state index contributed by atoms with van der Waals surface area (Å²) in [5.41, 5.74) is 8.07. The molecule has 0 unspecified atom stereocenters. The Morgan fingerprint density at radius 1 is 1.15 bits per heavy atom. The third-order valence-corrected chi connectivity index (χ3v) is 4.76. The molecule has 0 radical (unpaired) electrons. The molecule has 0 aliphatic carbocycles. The van der Waals surface area contributed by atoms with Crippen molar-refractivity contribution in [1.82, 2.24) is 25.2 Å². The van der Waals surface area contributed by atoms with Crippen molar-refractivity contribution in [2.75, 3.05) is 18.6 Å². The summed E-state index contributed by atoms with van der Waals surface area (Å²) in [6.45, 7) is 7.45. The van der Waals surface area contributed by atoms with Gasteiger partial charge in [0.2, 0.25) is 0 Å². The molecule has 0 aliphatic rings. The number of nitrogens with zero attached hydrogens (tertiary/aromatic N) is 5. The summed E-state index contributed by atoms with van der Waals surface area (Å²) in [4.78, 5) is 9.16. The lowest BCUT2D eigenvalue weighted by atomic mass is 10.0. The third-order valence-electron chi connectivity index (χ3n) is 4.76. The summed E-state index contributed by atoms with van der Waals surface area (Å²) in [6.07, 6.45) is 8.96. The van der Waals surface area contributed by atoms with Gasteiger partial charge in [0.25, 0.3) is 0 Å². The summed E-state index contributed by atoms with van der Waals surface area (Å²) >= 11 is 0. The molecule has 0 spiro atoms. The molecule has 0 aliphatic heterocycles. The Morgan fingerprint density at radius 3 is 2.70 bits per heavy atom. The molecular formula is C21H30N6. The third kappa shape index (κ3) is 4.63. The number of aryl methyl sites for hydroxylation is 2. The average Bonchev–Trinajstić information content (AvgIpc) is 3.01. The Hall–Kier alpha value is -2.47. The molecule has 3 heterocycles. The van der Waals surface area contributed by atoms with E-state index in [4.69, 9.17) is 4.98 Å². The first-order valence-corrected chi connectivity index (χ1v) is 9.72. The van der Waals surface area contributed by atoms with E-state index in [0.717, 1.165) is 42.7 Å². The van der Waals surface area contributed by atoms with E-state index in [1.54, 1.807) is 4.68 Å². The number of pyridine rings is 2. The number of hydrazine groups is 1. The smallest absolute Gasteiger partial charge is 0.181 e. The van der Waals surface area contributed by atoms with E-state index in [0.29, 0.717) is 5.92 Å². The predicted molar refractivity (Wildman–Crippen MR) is 111 cm³/mol. The van der Waals surface area contributed by atoms with Crippen LogP contribution in [-0.4, -0.2) is 33.3 Å². The topological polar surface area (TPSA) is 58.9 Å². The van der Waals surface area contributed by atoms with E-state index in [1.807, 2.05) is 37.7 Å². The zero-order valence-corrected chi connectivity index (χ0v) is 17.0. The Bertz CT molecular complexity index is 899. The van der Waals surface area contributed by atoms with Crippen LogP contribution in [-0.2, 0) is 19.9 Å². The number of hydrogen-bond acceptors (Lipinski definition) is 5. The Labute approximate surface area is 161 Å². The van der Waals surface area contributed by atoms with Gasteiger partial charge in [-0.2, -0.15) is 5.10 Å². The van der Waals surface area contributed by atoms with Crippen LogP contribution in [0.4, 0.5) is 5.82 Å². The van der Waals surface area contributed by atoms with Crippen LogP contribution in [0.25, 0.3) is 11.0 Å². The SMILES string of the molecule is CCCc1cc(C(C)C)cnc1N(C)NCCc1cnc2nn(C)cc2c1. The first-order chi connectivity index (χ1) is 13.0. The van der Waals surface area contributed by atoms with Gasteiger partial charge in [0.05, 0.1) is 0 Å². The van der Waals surface area contributed by atoms with E-state index in [9.17, 15) is 0 Å². The summed E-state index contributed by atoms with van der Waals surface area (Å²) in [6, 6.07) is 4.46. The minimum atomic E-state index is 0.496. The molecule has 0 fully saturated rings. The number of fused-ring (bicyclic) bond motifs is 1. The standard InChI is InChI=1S/C21H30N6/c1-6-7-17-11-18(15(2)3)13-23-21(17)27(5)24-9-8-16-10-19-14-26(4)25-20(19)22-12-16/h10-15,24H,6-9H2,1-5H3. The summed E-state index contributed by atoms with van der Waals surface area (Å²) in [5.74, 6) is 1.51. The van der Waals surface area contributed by atoms with Crippen molar-refractivity contribution in [2.24, 2.45) is 7.05 Å². The van der Waals surface area contributed by atoms with E-state index >= 15 is 0 Å². The lowest BCUT2D eigenvalue weighted by Gasteiger charge is -2.23. The highest BCUT2D eigenvalue weighted by Gasteiger charge is 2.11. The van der Waals surface area contributed by atoms with Crippen molar-refractivity contribution < 1.29 is 0 Å². The van der Waals surface area contributed by atoms with E-state index in [-0.39, 0.29) is 0 Å². The second-order valence-electron chi connectivity index (χ2n) is 7.43.